The fourth-order valence-corrected chi connectivity index (χ4v) is 2.28. The number of nitrogens with one attached hydrogen (secondary N) is 1. The van der Waals surface area contributed by atoms with Gasteiger partial charge in [0.1, 0.15) is 0 Å². The first-order chi connectivity index (χ1) is 9.55. The van der Waals surface area contributed by atoms with Gasteiger partial charge < -0.3 is 19.9 Å². The average Bonchev–Trinajstić information content (AvgIpc) is 2.49. The molecular formula is C16H27NO3. The van der Waals surface area contributed by atoms with Crippen molar-refractivity contribution >= 4 is 0 Å². The number of aryl methyl sites for hydroxylation is 1. The lowest BCUT2D eigenvalue weighted by atomic mass is 9.93. The van der Waals surface area contributed by atoms with Gasteiger partial charge in [-0.3, -0.25) is 0 Å². The zero-order chi connectivity index (χ0) is 15.2. The Bertz CT molecular complexity index is 420. The van der Waals surface area contributed by atoms with Gasteiger partial charge in [-0.2, -0.15) is 0 Å². The van der Waals surface area contributed by atoms with Gasteiger partial charge >= 0.3 is 0 Å². The largest absolute Gasteiger partial charge is 0.493 e. The van der Waals surface area contributed by atoms with E-state index in [1.54, 1.807) is 14.2 Å². The van der Waals surface area contributed by atoms with Gasteiger partial charge in [0.15, 0.2) is 11.5 Å². The van der Waals surface area contributed by atoms with Crippen LogP contribution >= 0.6 is 0 Å². The molecule has 0 unspecified atom stereocenters. The predicted octanol–water partition coefficient (Wildman–Crippen LogP) is 2.65. The third-order valence-electron chi connectivity index (χ3n) is 4.15. The first-order valence-corrected chi connectivity index (χ1v) is 7.13. The van der Waals surface area contributed by atoms with Gasteiger partial charge in [-0.1, -0.05) is 13.8 Å². The summed E-state index contributed by atoms with van der Waals surface area (Å²) in [6.07, 6.45) is 1.79. The van der Waals surface area contributed by atoms with Crippen molar-refractivity contribution in [1.82, 2.24) is 5.32 Å². The number of ether oxygens (including phenoxy) is 2. The van der Waals surface area contributed by atoms with Crippen molar-refractivity contribution in [3.05, 3.63) is 23.3 Å². The van der Waals surface area contributed by atoms with E-state index in [4.69, 9.17) is 9.47 Å². The maximum atomic E-state index is 9.60. The summed E-state index contributed by atoms with van der Waals surface area (Å²) >= 11 is 0. The fourth-order valence-electron chi connectivity index (χ4n) is 2.28. The van der Waals surface area contributed by atoms with Gasteiger partial charge in [0, 0.05) is 12.1 Å². The summed E-state index contributed by atoms with van der Waals surface area (Å²) in [6.45, 7) is 7.08. The molecule has 0 radical (unpaired) electrons. The van der Waals surface area contributed by atoms with Crippen LogP contribution in [0.2, 0.25) is 0 Å². The van der Waals surface area contributed by atoms with Crippen LogP contribution in [0.5, 0.6) is 11.5 Å². The second-order valence-corrected chi connectivity index (χ2v) is 5.13. The molecule has 20 heavy (non-hydrogen) atoms. The van der Waals surface area contributed by atoms with Crippen molar-refractivity contribution in [2.45, 2.75) is 45.7 Å². The zero-order valence-electron chi connectivity index (χ0n) is 13.2. The maximum Gasteiger partial charge on any atom is 0.161 e. The molecule has 0 heterocycles. The minimum Gasteiger partial charge on any atom is -0.493 e. The van der Waals surface area contributed by atoms with Crippen LogP contribution in [0.1, 0.15) is 37.8 Å². The molecule has 0 spiro atoms. The summed E-state index contributed by atoms with van der Waals surface area (Å²) in [5.74, 6) is 1.48. The molecule has 2 N–H and O–H groups in total. The normalized spacial score (nSPS) is 11.5. The number of methoxy groups -OCH3 is 2. The SMILES string of the molecule is CCC(CC)(CO)NCc1cc(OC)c(OC)cc1C. The Morgan fingerprint density at radius 3 is 2.10 bits per heavy atom. The first-order valence-electron chi connectivity index (χ1n) is 7.13. The van der Waals surface area contributed by atoms with E-state index < -0.39 is 0 Å². The summed E-state index contributed by atoms with van der Waals surface area (Å²) < 4.78 is 10.6. The lowest BCUT2D eigenvalue weighted by molar-refractivity contribution is 0.149. The molecule has 0 amide bonds. The van der Waals surface area contributed by atoms with Gasteiger partial charge in [-0.15, -0.1) is 0 Å². The van der Waals surface area contributed by atoms with E-state index in [9.17, 15) is 5.11 Å². The van der Waals surface area contributed by atoms with Crippen LogP contribution in [-0.4, -0.2) is 31.5 Å². The van der Waals surface area contributed by atoms with Crippen molar-refractivity contribution in [1.29, 1.82) is 0 Å². The van der Waals surface area contributed by atoms with E-state index in [0.29, 0.717) is 6.54 Å². The molecule has 114 valence electrons. The van der Waals surface area contributed by atoms with Crippen LogP contribution in [0, 0.1) is 6.92 Å². The highest BCUT2D eigenvalue weighted by atomic mass is 16.5. The van der Waals surface area contributed by atoms with Gasteiger partial charge in [-0.05, 0) is 43.0 Å². The van der Waals surface area contributed by atoms with Crippen LogP contribution in [0.25, 0.3) is 0 Å². The molecule has 1 rings (SSSR count). The van der Waals surface area contributed by atoms with Crippen LogP contribution in [0.15, 0.2) is 12.1 Å². The lowest BCUT2D eigenvalue weighted by Gasteiger charge is -2.31. The van der Waals surface area contributed by atoms with Crippen LogP contribution in [0.3, 0.4) is 0 Å². The number of aliphatic hydroxyl groups excluding tert-OH is 1. The predicted molar refractivity (Wildman–Crippen MR) is 81.5 cm³/mol. The molecule has 4 heteroatoms. The smallest absolute Gasteiger partial charge is 0.161 e. The Labute approximate surface area is 122 Å². The molecular weight excluding hydrogens is 254 g/mol. The Kier molecular flexibility index (Phi) is 6.30. The summed E-state index contributed by atoms with van der Waals surface area (Å²) in [6, 6.07) is 3.98. The van der Waals surface area contributed by atoms with Crippen LogP contribution in [0.4, 0.5) is 0 Å². The summed E-state index contributed by atoms with van der Waals surface area (Å²) in [7, 11) is 3.28. The van der Waals surface area contributed by atoms with Crippen molar-refractivity contribution in [3.63, 3.8) is 0 Å². The van der Waals surface area contributed by atoms with Gasteiger partial charge in [0.25, 0.3) is 0 Å². The second-order valence-electron chi connectivity index (χ2n) is 5.13. The molecule has 1 aromatic rings. The molecule has 0 saturated heterocycles. The minimum atomic E-state index is -0.209. The van der Waals surface area contributed by atoms with Crippen molar-refractivity contribution in [3.8, 4) is 11.5 Å². The molecule has 0 fully saturated rings. The molecule has 0 aliphatic rings. The summed E-state index contributed by atoms with van der Waals surface area (Å²) in [4.78, 5) is 0. The molecule has 0 aliphatic heterocycles. The Balaban J connectivity index is 2.92. The molecule has 0 saturated carbocycles. The number of rotatable bonds is 8. The Morgan fingerprint density at radius 1 is 1.10 bits per heavy atom. The van der Waals surface area contributed by atoms with Gasteiger partial charge in [-0.25, -0.2) is 0 Å². The number of benzene rings is 1. The van der Waals surface area contributed by atoms with E-state index in [1.807, 2.05) is 12.1 Å². The highest BCUT2D eigenvalue weighted by molar-refractivity contribution is 5.47. The van der Waals surface area contributed by atoms with E-state index >= 15 is 0 Å². The molecule has 0 aromatic heterocycles. The monoisotopic (exact) mass is 281 g/mol. The highest BCUT2D eigenvalue weighted by Crippen LogP contribution is 2.30. The number of hydrogen-bond acceptors (Lipinski definition) is 4. The van der Waals surface area contributed by atoms with E-state index in [0.717, 1.165) is 35.5 Å². The maximum absolute atomic E-state index is 9.60. The van der Waals surface area contributed by atoms with Crippen molar-refractivity contribution < 1.29 is 14.6 Å². The van der Waals surface area contributed by atoms with Crippen molar-refractivity contribution in [2.24, 2.45) is 0 Å². The van der Waals surface area contributed by atoms with Gasteiger partial charge in [0.2, 0.25) is 0 Å². The number of aliphatic hydroxyl groups is 1. The minimum absolute atomic E-state index is 0.145. The lowest BCUT2D eigenvalue weighted by Crippen LogP contribution is -2.47. The average molecular weight is 281 g/mol. The third kappa shape index (κ3) is 3.64. The van der Waals surface area contributed by atoms with E-state index in [1.165, 1.54) is 0 Å². The third-order valence-corrected chi connectivity index (χ3v) is 4.15. The summed E-state index contributed by atoms with van der Waals surface area (Å²) in [5, 5.41) is 13.1. The summed E-state index contributed by atoms with van der Waals surface area (Å²) in [5.41, 5.74) is 2.09. The molecule has 1 aromatic carbocycles. The van der Waals surface area contributed by atoms with Crippen LogP contribution in [-0.2, 0) is 6.54 Å². The highest BCUT2D eigenvalue weighted by Gasteiger charge is 2.24. The number of hydrogen-bond donors (Lipinski definition) is 2. The Morgan fingerprint density at radius 2 is 1.65 bits per heavy atom. The molecule has 0 bridgehead atoms. The molecule has 4 nitrogen and oxygen atoms in total. The first kappa shape index (κ1) is 16.8. The second kappa shape index (κ2) is 7.50. The van der Waals surface area contributed by atoms with Crippen LogP contribution < -0.4 is 14.8 Å². The molecule has 0 aliphatic carbocycles. The van der Waals surface area contributed by atoms with E-state index in [2.05, 4.69) is 26.1 Å². The Hall–Kier alpha value is -1.26. The quantitative estimate of drug-likeness (QED) is 0.769. The van der Waals surface area contributed by atoms with Gasteiger partial charge in [0.05, 0.1) is 20.8 Å². The van der Waals surface area contributed by atoms with E-state index in [-0.39, 0.29) is 12.1 Å². The molecule has 0 atom stereocenters. The standard InChI is InChI=1S/C16H27NO3/c1-6-16(7-2,11-18)17-10-13-9-15(20-5)14(19-4)8-12(13)3/h8-9,17-18H,6-7,10-11H2,1-5H3. The van der Waals surface area contributed by atoms with Crippen molar-refractivity contribution in [2.75, 3.05) is 20.8 Å². The fraction of sp³-hybridized carbons (Fsp3) is 0.625. The topological polar surface area (TPSA) is 50.7 Å². The zero-order valence-corrected chi connectivity index (χ0v) is 13.2.